The van der Waals surface area contributed by atoms with Gasteiger partial charge in [0.15, 0.2) is 0 Å². The van der Waals surface area contributed by atoms with Crippen LogP contribution in [-0.2, 0) is 96.1 Å². The molecule has 3 aromatic heterocycles. The van der Waals surface area contributed by atoms with E-state index in [-0.39, 0.29) is 95.7 Å². The first-order valence-electron chi connectivity index (χ1n) is 19.4. The molecule has 61 heavy (non-hydrogen) atoms. The second-order valence-corrected chi connectivity index (χ2v) is 15.6. The standard InChI is InChI=1S/C41H46N4O16/c1-41(17-40(60)61)24(5-9-36(52)53)31-15-29-22(11-38(56)57)19(3-7-34(48)49)27(43-29)14-28-21(10-37(54)55)18(2-6-33(46)47)25(42-28)13-26-20(4-8-35(50)51)23(12-39(58)59)30(44-26)16-32(41)45-31/h16,24,42-44H,2-15,17H2,1H3,(H,46,47)(H,48,49)(H,50,51)(H,52,53)(H,54,55)(H,56,57)(H,58,59)(H,60,61)/b32-16-/t24-,41+/m1/s1. The van der Waals surface area contributed by atoms with Crippen LogP contribution in [0.4, 0.5) is 0 Å². The van der Waals surface area contributed by atoms with Crippen LogP contribution in [0.5, 0.6) is 0 Å². The summed E-state index contributed by atoms with van der Waals surface area (Å²) in [6.45, 7) is 1.58. The van der Waals surface area contributed by atoms with Crippen LogP contribution in [0.2, 0.25) is 0 Å². The highest BCUT2D eigenvalue weighted by Crippen LogP contribution is 2.50. The zero-order valence-corrected chi connectivity index (χ0v) is 33.1. The number of aromatic nitrogens is 3. The van der Waals surface area contributed by atoms with Gasteiger partial charge in [-0.05, 0) is 65.1 Å². The molecule has 0 saturated carbocycles. The zero-order valence-electron chi connectivity index (χ0n) is 33.1. The van der Waals surface area contributed by atoms with Crippen molar-refractivity contribution in [3.05, 3.63) is 73.2 Å². The summed E-state index contributed by atoms with van der Waals surface area (Å²) >= 11 is 0. The highest BCUT2D eigenvalue weighted by Gasteiger charge is 2.47. The Morgan fingerprint density at radius 2 is 0.918 bits per heavy atom. The van der Waals surface area contributed by atoms with E-state index in [1.54, 1.807) is 6.92 Å². The van der Waals surface area contributed by atoms with Gasteiger partial charge in [-0.2, -0.15) is 0 Å². The number of nitrogens with one attached hydrogen (secondary N) is 3. The fourth-order valence-corrected chi connectivity index (χ4v) is 8.83. The minimum Gasteiger partial charge on any atom is -0.481 e. The predicted molar refractivity (Wildman–Crippen MR) is 210 cm³/mol. The van der Waals surface area contributed by atoms with Crippen LogP contribution >= 0.6 is 0 Å². The van der Waals surface area contributed by atoms with Crippen molar-refractivity contribution in [1.29, 1.82) is 0 Å². The lowest BCUT2D eigenvalue weighted by molar-refractivity contribution is -0.140. The molecule has 0 spiro atoms. The number of aliphatic imine (C=N–C) groups is 1. The Balaban J connectivity index is 1.92. The molecule has 326 valence electrons. The molecule has 0 aliphatic carbocycles. The van der Waals surface area contributed by atoms with Crippen LogP contribution < -0.4 is 0 Å². The number of aromatic amines is 3. The fraction of sp³-hybridized carbons (Fsp3) is 0.439. The molecule has 20 heteroatoms. The molecular weight excluding hydrogens is 804 g/mol. The molecule has 3 aromatic rings. The summed E-state index contributed by atoms with van der Waals surface area (Å²) in [6, 6.07) is 0. The van der Waals surface area contributed by atoms with E-state index in [2.05, 4.69) is 15.0 Å². The summed E-state index contributed by atoms with van der Waals surface area (Å²) in [5, 5.41) is 79.4. The number of hydrogen-bond acceptors (Lipinski definition) is 9. The summed E-state index contributed by atoms with van der Waals surface area (Å²) in [5.41, 5.74) is 1.97. The van der Waals surface area contributed by atoms with E-state index < -0.39 is 110 Å². The molecule has 0 unspecified atom stereocenters. The maximum atomic E-state index is 12.6. The van der Waals surface area contributed by atoms with Gasteiger partial charge in [-0.3, -0.25) is 43.3 Å². The molecule has 0 amide bonds. The van der Waals surface area contributed by atoms with Crippen LogP contribution in [0.25, 0.3) is 6.08 Å². The third-order valence-corrected chi connectivity index (χ3v) is 11.4. The van der Waals surface area contributed by atoms with Crippen molar-refractivity contribution in [2.24, 2.45) is 16.3 Å². The normalized spacial score (nSPS) is 17.9. The Labute approximate surface area is 346 Å². The molecule has 20 nitrogen and oxygen atoms in total. The van der Waals surface area contributed by atoms with Gasteiger partial charge in [-0.1, -0.05) is 6.92 Å². The van der Waals surface area contributed by atoms with E-state index in [4.69, 9.17) is 4.99 Å². The summed E-state index contributed by atoms with van der Waals surface area (Å²) < 4.78 is 0. The molecule has 5 heterocycles. The van der Waals surface area contributed by atoms with Gasteiger partial charge in [-0.15, -0.1) is 0 Å². The van der Waals surface area contributed by atoms with E-state index in [9.17, 15) is 79.2 Å². The molecule has 5 rings (SSSR count). The van der Waals surface area contributed by atoms with Gasteiger partial charge in [0.1, 0.15) is 0 Å². The third kappa shape index (κ3) is 10.6. The van der Waals surface area contributed by atoms with Crippen molar-refractivity contribution in [2.75, 3.05) is 0 Å². The average Bonchev–Trinajstić information content (AvgIpc) is 3.79. The second-order valence-electron chi connectivity index (χ2n) is 15.6. The number of allylic oxidation sites excluding steroid dienone is 1. The number of rotatable bonds is 20. The Morgan fingerprint density at radius 1 is 0.525 bits per heavy atom. The number of carbonyl (C=O) groups is 8. The number of hydrogen-bond donors (Lipinski definition) is 11. The van der Waals surface area contributed by atoms with E-state index in [0.717, 1.165) is 0 Å². The summed E-state index contributed by atoms with van der Waals surface area (Å²) in [5.74, 6) is -10.8. The monoisotopic (exact) mass is 850 g/mol. The smallest absolute Gasteiger partial charge is 0.307 e. The number of carboxylic acids is 8. The predicted octanol–water partition coefficient (Wildman–Crippen LogP) is 3.10. The first-order chi connectivity index (χ1) is 28.7. The van der Waals surface area contributed by atoms with Crippen LogP contribution in [0, 0.1) is 11.3 Å². The van der Waals surface area contributed by atoms with Crippen molar-refractivity contribution in [3.63, 3.8) is 0 Å². The van der Waals surface area contributed by atoms with E-state index in [1.165, 1.54) is 6.08 Å². The first-order valence-corrected chi connectivity index (χ1v) is 19.4. The van der Waals surface area contributed by atoms with Gasteiger partial charge in [0.25, 0.3) is 0 Å². The molecule has 8 bridgehead atoms. The van der Waals surface area contributed by atoms with Gasteiger partial charge in [0.2, 0.25) is 0 Å². The Hall–Kier alpha value is -6.99. The quantitative estimate of drug-likeness (QED) is 0.0778. The van der Waals surface area contributed by atoms with Gasteiger partial charge in [-0.25, -0.2) is 0 Å². The Kier molecular flexibility index (Phi) is 13.7. The van der Waals surface area contributed by atoms with Gasteiger partial charge >= 0.3 is 47.8 Å². The topological polar surface area (TPSA) is 358 Å². The highest BCUT2D eigenvalue weighted by atomic mass is 16.4. The molecule has 2 aliphatic rings. The van der Waals surface area contributed by atoms with E-state index >= 15 is 0 Å². The molecule has 0 radical (unpaired) electrons. The van der Waals surface area contributed by atoms with Crippen molar-refractivity contribution in [1.82, 2.24) is 15.0 Å². The minimum absolute atomic E-state index is 0.113. The molecule has 0 saturated heterocycles. The van der Waals surface area contributed by atoms with Gasteiger partial charge in [0.05, 0.1) is 25.7 Å². The second kappa shape index (κ2) is 18.5. The van der Waals surface area contributed by atoms with Crippen molar-refractivity contribution < 1.29 is 79.2 Å². The zero-order chi connectivity index (χ0) is 44.9. The van der Waals surface area contributed by atoms with Crippen LogP contribution in [0.3, 0.4) is 0 Å². The Morgan fingerprint density at radius 3 is 1.34 bits per heavy atom. The number of H-pyrrole nitrogens is 3. The number of aliphatic carboxylic acids is 8. The van der Waals surface area contributed by atoms with Crippen molar-refractivity contribution >= 4 is 59.5 Å². The van der Waals surface area contributed by atoms with Crippen LogP contribution in [-0.4, -0.2) is 109 Å². The van der Waals surface area contributed by atoms with Crippen molar-refractivity contribution in [2.45, 2.75) is 103 Å². The maximum absolute atomic E-state index is 12.6. The maximum Gasteiger partial charge on any atom is 0.307 e. The lowest BCUT2D eigenvalue weighted by atomic mass is 9.69. The summed E-state index contributed by atoms with van der Waals surface area (Å²) in [6.07, 6.45) is -3.82. The third-order valence-electron chi connectivity index (χ3n) is 11.4. The van der Waals surface area contributed by atoms with Crippen molar-refractivity contribution in [3.8, 4) is 0 Å². The molecule has 0 aromatic carbocycles. The van der Waals surface area contributed by atoms with Gasteiger partial charge in [0, 0.05) is 102 Å². The highest BCUT2D eigenvalue weighted by molar-refractivity contribution is 5.95. The van der Waals surface area contributed by atoms with Crippen LogP contribution in [0.15, 0.2) is 10.7 Å². The first kappa shape index (κ1) is 45.1. The molecule has 0 fully saturated rings. The fourth-order valence-electron chi connectivity index (χ4n) is 8.83. The molecule has 2 atom stereocenters. The number of nitrogens with zero attached hydrogens (tertiary/aromatic N) is 1. The largest absolute Gasteiger partial charge is 0.481 e. The van der Waals surface area contributed by atoms with E-state index in [0.29, 0.717) is 28.2 Å². The lowest BCUT2D eigenvalue weighted by Gasteiger charge is -2.31. The number of carboxylic acid groups (broad SMARTS) is 8. The average molecular weight is 851 g/mol. The summed E-state index contributed by atoms with van der Waals surface area (Å²) in [4.78, 5) is 112. The lowest BCUT2D eigenvalue weighted by Crippen LogP contribution is -2.33. The van der Waals surface area contributed by atoms with Crippen LogP contribution in [0.1, 0.15) is 113 Å². The molecular formula is C41H46N4O16. The van der Waals surface area contributed by atoms with Gasteiger partial charge < -0.3 is 55.8 Å². The SMILES string of the molecule is C[C@@]1(CC(=O)O)/C2=C/c3[nH]c(c(CCC(=O)O)c3CC(=O)O)Cc3[nH]c(c(CC(=O)O)c3CCC(=O)O)Cc3[nH]c(c(CC(=O)O)c3CCC(=O)O)CC(=N2)[C@H]1CCC(=O)O. The minimum atomic E-state index is -1.43. The number of fused-ring (bicyclic) bond motifs is 7. The summed E-state index contributed by atoms with van der Waals surface area (Å²) in [7, 11) is 0. The molecule has 11 N–H and O–H groups in total. The Bertz CT molecular complexity index is 2380. The van der Waals surface area contributed by atoms with E-state index in [1.807, 2.05) is 0 Å². The molecule has 2 aliphatic heterocycles.